The third-order valence-electron chi connectivity index (χ3n) is 4.82. The van der Waals surface area contributed by atoms with Gasteiger partial charge in [0.2, 0.25) is 0 Å². The van der Waals surface area contributed by atoms with Crippen molar-refractivity contribution in [1.29, 1.82) is 0 Å². The van der Waals surface area contributed by atoms with E-state index in [9.17, 15) is 0 Å². The molecule has 1 aromatic rings. The summed E-state index contributed by atoms with van der Waals surface area (Å²) < 4.78 is 0. The Kier molecular flexibility index (Phi) is 2.76. The predicted octanol–water partition coefficient (Wildman–Crippen LogP) is 3.76. The van der Waals surface area contributed by atoms with Crippen LogP contribution in [0.3, 0.4) is 0 Å². The van der Waals surface area contributed by atoms with Gasteiger partial charge in [0.1, 0.15) is 5.82 Å². The van der Waals surface area contributed by atoms with Gasteiger partial charge in [-0.3, -0.25) is 0 Å². The number of imidazole rings is 1. The second kappa shape index (κ2) is 4.15. The first-order valence-electron chi connectivity index (χ1n) is 7.26. The average molecular weight is 232 g/mol. The monoisotopic (exact) mass is 232 g/mol. The molecule has 1 heterocycles. The van der Waals surface area contributed by atoms with E-state index >= 15 is 0 Å². The van der Waals surface area contributed by atoms with Gasteiger partial charge in [0.15, 0.2) is 0 Å². The summed E-state index contributed by atoms with van der Waals surface area (Å²) in [5.41, 5.74) is 3.13. The second-order valence-corrected chi connectivity index (χ2v) is 6.48. The molecular formula is C15H24N2. The molecule has 2 nitrogen and oxygen atoms in total. The van der Waals surface area contributed by atoms with Crippen molar-refractivity contribution in [3.63, 3.8) is 0 Å². The molecule has 0 saturated heterocycles. The first kappa shape index (κ1) is 11.3. The van der Waals surface area contributed by atoms with Crippen molar-refractivity contribution in [1.82, 2.24) is 9.97 Å². The van der Waals surface area contributed by atoms with Crippen LogP contribution >= 0.6 is 0 Å². The van der Waals surface area contributed by atoms with Crippen LogP contribution in [0, 0.1) is 5.92 Å². The van der Waals surface area contributed by atoms with E-state index in [4.69, 9.17) is 4.98 Å². The lowest BCUT2D eigenvalue weighted by Gasteiger charge is -2.31. The van der Waals surface area contributed by atoms with Gasteiger partial charge in [-0.25, -0.2) is 4.98 Å². The molecule has 0 bridgehead atoms. The predicted molar refractivity (Wildman–Crippen MR) is 70.2 cm³/mol. The summed E-state index contributed by atoms with van der Waals surface area (Å²) in [6, 6.07) is 0. The molecule has 2 heteroatoms. The van der Waals surface area contributed by atoms with Gasteiger partial charge in [0.05, 0.1) is 5.69 Å². The van der Waals surface area contributed by atoms with E-state index in [1.807, 2.05) is 0 Å². The van der Waals surface area contributed by atoms with Crippen molar-refractivity contribution in [2.45, 2.75) is 70.6 Å². The minimum absolute atomic E-state index is 0.332. The van der Waals surface area contributed by atoms with Crippen LogP contribution in [-0.2, 0) is 18.3 Å². The van der Waals surface area contributed by atoms with Gasteiger partial charge in [-0.15, -0.1) is 0 Å². The van der Waals surface area contributed by atoms with Crippen molar-refractivity contribution >= 4 is 0 Å². The fourth-order valence-electron chi connectivity index (χ4n) is 3.51. The first-order chi connectivity index (χ1) is 8.17. The van der Waals surface area contributed by atoms with Crippen molar-refractivity contribution in [3.8, 4) is 0 Å². The quantitative estimate of drug-likeness (QED) is 0.784. The van der Waals surface area contributed by atoms with E-state index < -0.39 is 0 Å². The number of aryl methyl sites for hydroxylation is 1. The number of hydrogen-bond donors (Lipinski definition) is 1. The Hall–Kier alpha value is -0.790. The van der Waals surface area contributed by atoms with Crippen LogP contribution in [-0.4, -0.2) is 9.97 Å². The van der Waals surface area contributed by atoms with Gasteiger partial charge >= 0.3 is 0 Å². The maximum atomic E-state index is 4.93. The number of nitrogens with one attached hydrogen (secondary N) is 1. The van der Waals surface area contributed by atoms with Crippen molar-refractivity contribution in [3.05, 3.63) is 17.2 Å². The van der Waals surface area contributed by atoms with Crippen molar-refractivity contribution in [2.24, 2.45) is 5.92 Å². The van der Waals surface area contributed by atoms with E-state index in [2.05, 4.69) is 18.8 Å². The Balaban J connectivity index is 1.88. The number of rotatable bonds is 1. The van der Waals surface area contributed by atoms with Gasteiger partial charge in [0, 0.05) is 11.1 Å². The smallest absolute Gasteiger partial charge is 0.112 e. The number of fused-ring (bicyclic) bond motifs is 1. The average Bonchev–Trinajstić information content (AvgIpc) is 2.73. The SMILES string of the molecule is CC1CCc2nc(C3(C)CCCCC3)[nH]c2C1. The molecule has 1 aromatic heterocycles. The van der Waals surface area contributed by atoms with E-state index in [1.54, 1.807) is 0 Å². The summed E-state index contributed by atoms with van der Waals surface area (Å²) in [7, 11) is 0. The standard InChI is InChI=1S/C15H24N2/c1-11-6-7-12-13(10-11)17-14(16-12)15(2)8-4-3-5-9-15/h11H,3-10H2,1-2H3,(H,16,17). The molecule has 0 aliphatic heterocycles. The highest BCUT2D eigenvalue weighted by Gasteiger charge is 2.33. The maximum Gasteiger partial charge on any atom is 0.112 e. The molecule has 0 aromatic carbocycles. The van der Waals surface area contributed by atoms with E-state index in [0.717, 1.165) is 5.92 Å². The molecule has 2 aliphatic carbocycles. The van der Waals surface area contributed by atoms with Crippen LogP contribution in [0.2, 0.25) is 0 Å². The Bertz CT molecular complexity index is 399. The molecule has 17 heavy (non-hydrogen) atoms. The third-order valence-corrected chi connectivity index (χ3v) is 4.82. The summed E-state index contributed by atoms with van der Waals surface area (Å²) in [5.74, 6) is 2.12. The zero-order valence-electron chi connectivity index (χ0n) is 11.2. The highest BCUT2D eigenvalue weighted by Crippen LogP contribution is 2.38. The van der Waals surface area contributed by atoms with Crippen molar-refractivity contribution < 1.29 is 0 Å². The molecule has 3 rings (SSSR count). The highest BCUT2D eigenvalue weighted by atomic mass is 15.0. The molecule has 1 fully saturated rings. The zero-order chi connectivity index (χ0) is 11.9. The van der Waals surface area contributed by atoms with Crippen LogP contribution in [0.1, 0.15) is 69.6 Å². The molecule has 0 spiro atoms. The first-order valence-corrected chi connectivity index (χ1v) is 7.26. The van der Waals surface area contributed by atoms with Crippen LogP contribution in [0.15, 0.2) is 0 Å². The van der Waals surface area contributed by atoms with Crippen LogP contribution in [0.4, 0.5) is 0 Å². The van der Waals surface area contributed by atoms with Gasteiger partial charge in [0.25, 0.3) is 0 Å². The number of H-pyrrole nitrogens is 1. The fourth-order valence-corrected chi connectivity index (χ4v) is 3.51. The normalized spacial score (nSPS) is 27.8. The molecule has 1 N–H and O–H groups in total. The summed E-state index contributed by atoms with van der Waals surface area (Å²) in [5, 5.41) is 0. The molecule has 2 aliphatic rings. The Morgan fingerprint density at radius 1 is 1.24 bits per heavy atom. The zero-order valence-corrected chi connectivity index (χ0v) is 11.2. The Morgan fingerprint density at radius 3 is 2.76 bits per heavy atom. The minimum atomic E-state index is 0.332. The van der Waals surface area contributed by atoms with Crippen LogP contribution in [0.25, 0.3) is 0 Å². The molecule has 0 radical (unpaired) electrons. The van der Waals surface area contributed by atoms with Crippen molar-refractivity contribution in [2.75, 3.05) is 0 Å². The third kappa shape index (κ3) is 2.02. The van der Waals surface area contributed by atoms with E-state index in [0.29, 0.717) is 5.41 Å². The molecule has 94 valence electrons. The van der Waals surface area contributed by atoms with Gasteiger partial charge in [-0.2, -0.15) is 0 Å². The van der Waals surface area contributed by atoms with E-state index in [-0.39, 0.29) is 0 Å². The van der Waals surface area contributed by atoms with Gasteiger partial charge in [-0.1, -0.05) is 33.1 Å². The highest BCUT2D eigenvalue weighted by molar-refractivity contribution is 5.22. The fraction of sp³-hybridized carbons (Fsp3) is 0.800. The largest absolute Gasteiger partial charge is 0.345 e. The molecule has 1 unspecified atom stereocenters. The number of aromatic nitrogens is 2. The lowest BCUT2D eigenvalue weighted by molar-refractivity contribution is 0.305. The van der Waals surface area contributed by atoms with Crippen LogP contribution in [0.5, 0.6) is 0 Å². The number of nitrogens with zero attached hydrogens (tertiary/aromatic N) is 1. The lowest BCUT2D eigenvalue weighted by atomic mass is 9.75. The lowest BCUT2D eigenvalue weighted by Crippen LogP contribution is -2.26. The number of aromatic amines is 1. The minimum Gasteiger partial charge on any atom is -0.345 e. The summed E-state index contributed by atoms with van der Waals surface area (Å²) in [6.45, 7) is 4.76. The Labute approximate surface area is 104 Å². The molecule has 1 saturated carbocycles. The summed E-state index contributed by atoms with van der Waals surface area (Å²) >= 11 is 0. The Morgan fingerprint density at radius 2 is 2.00 bits per heavy atom. The van der Waals surface area contributed by atoms with Gasteiger partial charge in [-0.05, 0) is 38.0 Å². The summed E-state index contributed by atoms with van der Waals surface area (Å²) in [6.07, 6.45) is 10.5. The molecule has 1 atom stereocenters. The second-order valence-electron chi connectivity index (χ2n) is 6.48. The van der Waals surface area contributed by atoms with E-state index in [1.165, 1.54) is 68.6 Å². The summed E-state index contributed by atoms with van der Waals surface area (Å²) in [4.78, 5) is 8.59. The number of hydrogen-bond acceptors (Lipinski definition) is 1. The van der Waals surface area contributed by atoms with Crippen LogP contribution < -0.4 is 0 Å². The topological polar surface area (TPSA) is 28.7 Å². The molecular weight excluding hydrogens is 208 g/mol. The maximum absolute atomic E-state index is 4.93. The molecule has 0 amide bonds. The van der Waals surface area contributed by atoms with Gasteiger partial charge < -0.3 is 4.98 Å².